The summed E-state index contributed by atoms with van der Waals surface area (Å²) in [6.07, 6.45) is 5.00. The third-order valence-electron chi connectivity index (χ3n) is 4.37. The van der Waals surface area contributed by atoms with Crippen LogP contribution in [-0.2, 0) is 17.6 Å². The highest BCUT2D eigenvalue weighted by Gasteiger charge is 2.30. The van der Waals surface area contributed by atoms with Crippen molar-refractivity contribution in [2.45, 2.75) is 37.5 Å². The number of nitrogens with zero attached hydrogens (tertiary/aromatic N) is 1. The summed E-state index contributed by atoms with van der Waals surface area (Å²) in [7, 11) is 0. The van der Waals surface area contributed by atoms with Crippen LogP contribution in [0.4, 0.5) is 0 Å². The van der Waals surface area contributed by atoms with Gasteiger partial charge in [0, 0.05) is 19.0 Å². The normalized spacial score (nSPS) is 26.9. The zero-order chi connectivity index (χ0) is 13.2. The van der Waals surface area contributed by atoms with Gasteiger partial charge in [-0.15, -0.1) is 11.6 Å². The number of likely N-dealkylation sites (tertiary alicyclic amines) is 1. The lowest BCUT2D eigenvalue weighted by Crippen LogP contribution is -2.44. The van der Waals surface area contributed by atoms with E-state index >= 15 is 0 Å². The van der Waals surface area contributed by atoms with E-state index in [1.165, 1.54) is 11.1 Å². The van der Waals surface area contributed by atoms with Crippen molar-refractivity contribution in [3.05, 3.63) is 35.4 Å². The molecule has 2 atom stereocenters. The van der Waals surface area contributed by atoms with Crippen molar-refractivity contribution in [2.75, 3.05) is 13.1 Å². The van der Waals surface area contributed by atoms with Crippen molar-refractivity contribution in [1.82, 2.24) is 4.90 Å². The Morgan fingerprint density at radius 3 is 2.79 bits per heavy atom. The fourth-order valence-electron chi connectivity index (χ4n) is 3.29. The number of carbonyl (C=O) groups excluding carboxylic acids is 1. The van der Waals surface area contributed by atoms with Crippen LogP contribution < -0.4 is 0 Å². The van der Waals surface area contributed by atoms with Gasteiger partial charge >= 0.3 is 0 Å². The maximum atomic E-state index is 12.6. The minimum Gasteiger partial charge on any atom is -0.341 e. The summed E-state index contributed by atoms with van der Waals surface area (Å²) in [4.78, 5) is 14.6. The molecule has 1 saturated heterocycles. The summed E-state index contributed by atoms with van der Waals surface area (Å²) in [6, 6.07) is 8.51. The summed E-state index contributed by atoms with van der Waals surface area (Å²) in [5, 5.41) is 0.147. The van der Waals surface area contributed by atoms with Crippen molar-refractivity contribution in [3.8, 4) is 0 Å². The number of carbonyl (C=O) groups is 1. The third kappa shape index (κ3) is 2.79. The molecule has 1 aliphatic carbocycles. The molecular weight excluding hydrogens is 258 g/mol. The van der Waals surface area contributed by atoms with E-state index < -0.39 is 0 Å². The molecule has 2 aliphatic rings. The second-order valence-corrected chi connectivity index (χ2v) is 6.35. The Bertz CT molecular complexity index is 474. The van der Waals surface area contributed by atoms with Crippen LogP contribution in [0.25, 0.3) is 0 Å². The molecule has 1 aliphatic heterocycles. The van der Waals surface area contributed by atoms with Crippen LogP contribution in [0.5, 0.6) is 0 Å². The fraction of sp³-hybridized carbons (Fsp3) is 0.562. The molecule has 2 nitrogen and oxygen atoms in total. The lowest BCUT2D eigenvalue weighted by atomic mass is 9.83. The van der Waals surface area contributed by atoms with Gasteiger partial charge in [-0.1, -0.05) is 24.3 Å². The number of hydrogen-bond acceptors (Lipinski definition) is 1. The fourth-order valence-corrected chi connectivity index (χ4v) is 3.61. The number of piperidine rings is 1. The smallest absolute Gasteiger partial charge is 0.226 e. The van der Waals surface area contributed by atoms with Gasteiger partial charge in [0.05, 0.1) is 5.38 Å². The molecule has 102 valence electrons. The Morgan fingerprint density at radius 1 is 1.21 bits per heavy atom. The molecular formula is C16H20ClNO. The van der Waals surface area contributed by atoms with Crippen LogP contribution in [0.3, 0.4) is 0 Å². The molecule has 1 heterocycles. The quantitative estimate of drug-likeness (QED) is 0.723. The monoisotopic (exact) mass is 277 g/mol. The molecule has 3 rings (SSSR count). The molecule has 1 amide bonds. The summed E-state index contributed by atoms with van der Waals surface area (Å²) in [6.45, 7) is 1.62. The average Bonchev–Trinajstić information content (AvgIpc) is 2.46. The number of aryl methyl sites for hydroxylation is 1. The highest BCUT2D eigenvalue weighted by molar-refractivity contribution is 6.20. The number of alkyl halides is 1. The lowest BCUT2D eigenvalue weighted by Gasteiger charge is -2.34. The molecule has 0 aromatic heterocycles. The lowest BCUT2D eigenvalue weighted by molar-refractivity contribution is -0.136. The molecule has 0 spiro atoms. The molecule has 0 saturated carbocycles. The molecule has 1 fully saturated rings. The highest BCUT2D eigenvalue weighted by atomic mass is 35.5. The van der Waals surface area contributed by atoms with Gasteiger partial charge in [0.25, 0.3) is 0 Å². The predicted octanol–water partition coefficient (Wildman–Crippen LogP) is 3.02. The van der Waals surface area contributed by atoms with Crippen LogP contribution in [0.2, 0.25) is 0 Å². The number of hydrogen-bond donors (Lipinski definition) is 0. The Morgan fingerprint density at radius 2 is 2.00 bits per heavy atom. The maximum Gasteiger partial charge on any atom is 0.226 e. The van der Waals surface area contributed by atoms with Gasteiger partial charge in [-0.05, 0) is 43.2 Å². The van der Waals surface area contributed by atoms with Gasteiger partial charge in [0.2, 0.25) is 5.91 Å². The first-order valence-corrected chi connectivity index (χ1v) is 7.67. The van der Waals surface area contributed by atoms with Crippen LogP contribution in [0.1, 0.15) is 30.4 Å². The van der Waals surface area contributed by atoms with E-state index in [1.807, 2.05) is 4.90 Å². The first-order chi connectivity index (χ1) is 9.24. The number of fused-ring (bicyclic) bond motifs is 1. The minimum atomic E-state index is 0.147. The van der Waals surface area contributed by atoms with Gasteiger partial charge < -0.3 is 4.90 Å². The van der Waals surface area contributed by atoms with E-state index in [0.717, 1.165) is 45.2 Å². The summed E-state index contributed by atoms with van der Waals surface area (Å²) < 4.78 is 0. The Hall–Kier alpha value is -1.02. The third-order valence-corrected chi connectivity index (χ3v) is 4.73. The SMILES string of the molecule is O=C(C1CCc2ccccc2C1)N1CCCC(Cl)C1. The topological polar surface area (TPSA) is 20.3 Å². The molecule has 3 heteroatoms. The standard InChI is InChI=1S/C16H20ClNO/c17-15-6-3-9-18(11-15)16(19)14-8-7-12-4-1-2-5-13(12)10-14/h1-2,4-5,14-15H,3,6-11H2. The van der Waals surface area contributed by atoms with Crippen molar-refractivity contribution in [3.63, 3.8) is 0 Å². The first-order valence-electron chi connectivity index (χ1n) is 7.23. The largest absolute Gasteiger partial charge is 0.341 e. The molecule has 19 heavy (non-hydrogen) atoms. The first kappa shape index (κ1) is 13.0. The van der Waals surface area contributed by atoms with Crippen LogP contribution in [0, 0.1) is 5.92 Å². The predicted molar refractivity (Wildman–Crippen MR) is 77.4 cm³/mol. The van der Waals surface area contributed by atoms with Crippen molar-refractivity contribution in [2.24, 2.45) is 5.92 Å². The number of amides is 1. The van der Waals surface area contributed by atoms with Gasteiger partial charge in [0.15, 0.2) is 0 Å². The minimum absolute atomic E-state index is 0.147. The Kier molecular flexibility index (Phi) is 3.79. The zero-order valence-electron chi connectivity index (χ0n) is 11.1. The summed E-state index contributed by atoms with van der Waals surface area (Å²) in [5.74, 6) is 0.483. The number of halogens is 1. The molecule has 0 bridgehead atoms. The highest BCUT2D eigenvalue weighted by Crippen LogP contribution is 2.28. The maximum absolute atomic E-state index is 12.6. The Labute approximate surface area is 119 Å². The van der Waals surface area contributed by atoms with E-state index in [-0.39, 0.29) is 11.3 Å². The van der Waals surface area contributed by atoms with E-state index in [4.69, 9.17) is 11.6 Å². The second kappa shape index (κ2) is 5.54. The van der Waals surface area contributed by atoms with Crippen LogP contribution in [0.15, 0.2) is 24.3 Å². The van der Waals surface area contributed by atoms with Gasteiger partial charge in [0.1, 0.15) is 0 Å². The van der Waals surface area contributed by atoms with Crippen LogP contribution in [-0.4, -0.2) is 29.3 Å². The van der Waals surface area contributed by atoms with E-state index in [9.17, 15) is 4.79 Å². The summed E-state index contributed by atoms with van der Waals surface area (Å²) >= 11 is 6.18. The van der Waals surface area contributed by atoms with Gasteiger partial charge in [-0.25, -0.2) is 0 Å². The van der Waals surface area contributed by atoms with Crippen molar-refractivity contribution >= 4 is 17.5 Å². The molecule has 0 radical (unpaired) electrons. The second-order valence-electron chi connectivity index (χ2n) is 5.73. The molecule has 1 aromatic rings. The number of benzene rings is 1. The molecule has 0 N–H and O–H groups in total. The average molecular weight is 278 g/mol. The molecule has 1 aromatic carbocycles. The molecule has 2 unspecified atom stereocenters. The van der Waals surface area contributed by atoms with E-state index in [1.54, 1.807) is 0 Å². The van der Waals surface area contributed by atoms with Crippen molar-refractivity contribution < 1.29 is 4.79 Å². The number of rotatable bonds is 1. The zero-order valence-corrected chi connectivity index (χ0v) is 11.9. The van der Waals surface area contributed by atoms with Gasteiger partial charge in [-0.3, -0.25) is 4.79 Å². The Balaban J connectivity index is 1.69. The summed E-state index contributed by atoms with van der Waals surface area (Å²) in [5.41, 5.74) is 2.77. The van der Waals surface area contributed by atoms with E-state index in [2.05, 4.69) is 24.3 Å². The van der Waals surface area contributed by atoms with Crippen molar-refractivity contribution in [1.29, 1.82) is 0 Å². The van der Waals surface area contributed by atoms with Crippen LogP contribution >= 0.6 is 11.6 Å². The van der Waals surface area contributed by atoms with Gasteiger partial charge in [-0.2, -0.15) is 0 Å². The van der Waals surface area contributed by atoms with E-state index in [0.29, 0.717) is 5.91 Å².